The van der Waals surface area contributed by atoms with Crippen molar-refractivity contribution >= 4 is 33.0 Å². The second-order valence-corrected chi connectivity index (χ2v) is 7.60. The van der Waals surface area contributed by atoms with Gasteiger partial charge in [0.25, 0.3) is 11.8 Å². The number of anilines is 2. The van der Waals surface area contributed by atoms with Crippen molar-refractivity contribution in [2.24, 2.45) is 0 Å². The van der Waals surface area contributed by atoms with Crippen LogP contribution in [0.4, 0.5) is 11.4 Å². The third-order valence-corrected chi connectivity index (χ3v) is 6.03. The highest BCUT2D eigenvalue weighted by atomic mass is 32.2. The molecule has 2 aromatic carbocycles. The highest BCUT2D eigenvalue weighted by molar-refractivity contribution is 7.94. The largest absolute Gasteiger partial charge is 0.324 e. The lowest BCUT2D eigenvalue weighted by molar-refractivity contribution is -0.124. The van der Waals surface area contributed by atoms with Gasteiger partial charge in [0.15, 0.2) is 0 Å². The minimum absolute atomic E-state index is 0.0166. The highest BCUT2D eigenvalue weighted by Crippen LogP contribution is 2.34. The molecular formula is C17H16N2O4S. The summed E-state index contributed by atoms with van der Waals surface area (Å²) in [6, 6.07) is 13.1. The summed E-state index contributed by atoms with van der Waals surface area (Å²) in [4.78, 5) is 26.3. The van der Waals surface area contributed by atoms with E-state index in [2.05, 4.69) is 5.32 Å². The molecule has 1 aliphatic rings. The van der Waals surface area contributed by atoms with Gasteiger partial charge < -0.3 is 10.2 Å². The molecule has 0 spiro atoms. The third kappa shape index (κ3) is 2.46. The van der Waals surface area contributed by atoms with E-state index in [0.29, 0.717) is 5.69 Å². The molecule has 0 saturated carbocycles. The summed E-state index contributed by atoms with van der Waals surface area (Å²) < 4.78 is 25.5. The molecule has 1 atom stereocenters. The number of sulfone groups is 1. The maximum atomic E-state index is 12.8. The Morgan fingerprint density at radius 3 is 2.42 bits per heavy atom. The molecule has 3 rings (SSSR count). The van der Waals surface area contributed by atoms with Gasteiger partial charge in [0, 0.05) is 12.7 Å². The van der Waals surface area contributed by atoms with E-state index in [1.54, 1.807) is 49.4 Å². The first-order chi connectivity index (χ1) is 11.3. The van der Waals surface area contributed by atoms with Crippen LogP contribution in [0.3, 0.4) is 0 Å². The Morgan fingerprint density at radius 1 is 1.08 bits per heavy atom. The SMILES string of the molecule is Cc1ccccc1NC(=O)C1C(=O)N(C)c2ccccc2S1(=O)=O. The van der Waals surface area contributed by atoms with Crippen LogP contribution in [0.2, 0.25) is 0 Å². The minimum Gasteiger partial charge on any atom is -0.324 e. The van der Waals surface area contributed by atoms with Crippen LogP contribution in [0, 0.1) is 6.92 Å². The first kappa shape index (κ1) is 16.2. The van der Waals surface area contributed by atoms with Gasteiger partial charge in [0.1, 0.15) is 0 Å². The van der Waals surface area contributed by atoms with E-state index < -0.39 is 26.9 Å². The summed E-state index contributed by atoms with van der Waals surface area (Å²) in [5, 5.41) is 0.757. The van der Waals surface area contributed by atoms with E-state index in [0.717, 1.165) is 5.56 Å². The van der Waals surface area contributed by atoms with Gasteiger partial charge in [0.05, 0.1) is 10.6 Å². The average molecular weight is 344 g/mol. The number of rotatable bonds is 2. The first-order valence-corrected chi connectivity index (χ1v) is 8.85. The molecule has 2 aromatic rings. The Kier molecular flexibility index (Phi) is 3.88. The number of nitrogens with zero attached hydrogens (tertiary/aromatic N) is 1. The fraction of sp³-hybridized carbons (Fsp3) is 0.176. The van der Waals surface area contributed by atoms with Gasteiger partial charge in [-0.25, -0.2) is 8.42 Å². The predicted octanol–water partition coefficient (Wildman–Crippen LogP) is 1.75. The summed E-state index contributed by atoms with van der Waals surface area (Å²) in [5.74, 6) is -1.62. The van der Waals surface area contributed by atoms with E-state index >= 15 is 0 Å². The number of carbonyl (C=O) groups is 2. The van der Waals surface area contributed by atoms with Crippen LogP contribution < -0.4 is 10.2 Å². The van der Waals surface area contributed by atoms with Gasteiger partial charge in [-0.15, -0.1) is 0 Å². The van der Waals surface area contributed by atoms with Gasteiger partial charge in [-0.3, -0.25) is 9.59 Å². The maximum absolute atomic E-state index is 12.8. The summed E-state index contributed by atoms with van der Waals surface area (Å²) in [6.07, 6.45) is 0. The smallest absolute Gasteiger partial charge is 0.255 e. The van der Waals surface area contributed by atoms with Crippen LogP contribution in [0.1, 0.15) is 5.56 Å². The summed E-state index contributed by atoms with van der Waals surface area (Å²) in [5.41, 5.74) is 1.54. The molecule has 7 heteroatoms. The molecule has 24 heavy (non-hydrogen) atoms. The Bertz CT molecular complexity index is 937. The van der Waals surface area contributed by atoms with Crippen molar-refractivity contribution in [3.63, 3.8) is 0 Å². The second kappa shape index (κ2) is 5.76. The summed E-state index contributed by atoms with van der Waals surface area (Å²) in [7, 11) is -2.64. The van der Waals surface area contributed by atoms with Crippen molar-refractivity contribution in [2.45, 2.75) is 17.1 Å². The molecule has 0 fully saturated rings. The Labute approximate surface area is 140 Å². The fourth-order valence-electron chi connectivity index (χ4n) is 2.69. The molecule has 0 aliphatic carbocycles. The molecular weight excluding hydrogens is 328 g/mol. The fourth-order valence-corrected chi connectivity index (χ4v) is 4.48. The highest BCUT2D eigenvalue weighted by Gasteiger charge is 2.47. The lowest BCUT2D eigenvalue weighted by atomic mass is 10.2. The topological polar surface area (TPSA) is 83.6 Å². The number of amides is 2. The van der Waals surface area contributed by atoms with Crippen LogP contribution in [0.5, 0.6) is 0 Å². The van der Waals surface area contributed by atoms with Gasteiger partial charge in [-0.1, -0.05) is 30.3 Å². The molecule has 124 valence electrons. The standard InChI is InChI=1S/C17H16N2O4S/c1-11-7-3-4-8-12(11)18-16(20)15-17(21)19(2)13-9-5-6-10-14(13)24(15,22)23/h3-10,15H,1-2H3,(H,18,20). The van der Waals surface area contributed by atoms with Crippen LogP contribution in [0.25, 0.3) is 0 Å². The number of aryl methyl sites for hydroxylation is 1. The van der Waals surface area contributed by atoms with Crippen molar-refractivity contribution in [2.75, 3.05) is 17.3 Å². The van der Waals surface area contributed by atoms with Gasteiger partial charge in [-0.05, 0) is 30.7 Å². The van der Waals surface area contributed by atoms with E-state index in [9.17, 15) is 18.0 Å². The normalized spacial score (nSPS) is 18.8. The lowest BCUT2D eigenvalue weighted by Crippen LogP contribution is -2.51. The van der Waals surface area contributed by atoms with E-state index in [4.69, 9.17) is 0 Å². The zero-order valence-corrected chi connectivity index (χ0v) is 14.0. The van der Waals surface area contributed by atoms with Crippen LogP contribution in [0.15, 0.2) is 53.4 Å². The molecule has 1 heterocycles. The van der Waals surface area contributed by atoms with E-state index in [1.165, 1.54) is 18.0 Å². The van der Waals surface area contributed by atoms with E-state index in [-0.39, 0.29) is 10.6 Å². The van der Waals surface area contributed by atoms with Crippen LogP contribution >= 0.6 is 0 Å². The third-order valence-electron chi connectivity index (χ3n) is 4.04. The lowest BCUT2D eigenvalue weighted by Gasteiger charge is -2.30. The predicted molar refractivity (Wildman–Crippen MR) is 90.6 cm³/mol. The number of fused-ring (bicyclic) bond motifs is 1. The van der Waals surface area contributed by atoms with Crippen molar-refractivity contribution in [1.82, 2.24) is 0 Å². The molecule has 1 unspecified atom stereocenters. The zero-order valence-electron chi connectivity index (χ0n) is 13.2. The number of nitrogens with one attached hydrogen (secondary N) is 1. The number of hydrogen-bond donors (Lipinski definition) is 1. The minimum atomic E-state index is -4.10. The molecule has 0 saturated heterocycles. The number of benzene rings is 2. The molecule has 0 aromatic heterocycles. The van der Waals surface area contributed by atoms with E-state index in [1.807, 2.05) is 0 Å². The molecule has 1 aliphatic heterocycles. The summed E-state index contributed by atoms with van der Waals surface area (Å²) in [6.45, 7) is 1.79. The Hall–Kier alpha value is -2.67. The van der Waals surface area contributed by atoms with Gasteiger partial charge >= 0.3 is 0 Å². The second-order valence-electron chi connectivity index (χ2n) is 5.59. The number of hydrogen-bond acceptors (Lipinski definition) is 4. The zero-order chi connectivity index (χ0) is 17.5. The molecule has 2 amide bonds. The average Bonchev–Trinajstić information content (AvgIpc) is 2.55. The monoisotopic (exact) mass is 344 g/mol. The Morgan fingerprint density at radius 2 is 1.71 bits per heavy atom. The van der Waals surface area contributed by atoms with Crippen molar-refractivity contribution in [3.05, 3.63) is 54.1 Å². The Balaban J connectivity index is 2.03. The molecule has 0 radical (unpaired) electrons. The maximum Gasteiger partial charge on any atom is 0.255 e. The van der Waals surface area contributed by atoms with Gasteiger partial charge in [0.2, 0.25) is 15.1 Å². The first-order valence-electron chi connectivity index (χ1n) is 7.31. The van der Waals surface area contributed by atoms with Crippen molar-refractivity contribution < 1.29 is 18.0 Å². The van der Waals surface area contributed by atoms with Crippen LogP contribution in [-0.4, -0.2) is 32.5 Å². The number of carbonyl (C=O) groups excluding carboxylic acids is 2. The molecule has 0 bridgehead atoms. The summed E-state index contributed by atoms with van der Waals surface area (Å²) >= 11 is 0. The van der Waals surface area contributed by atoms with Crippen molar-refractivity contribution in [1.29, 1.82) is 0 Å². The van der Waals surface area contributed by atoms with Crippen LogP contribution in [-0.2, 0) is 19.4 Å². The van der Waals surface area contributed by atoms with Gasteiger partial charge in [-0.2, -0.15) is 0 Å². The number of para-hydroxylation sites is 2. The molecule has 1 N–H and O–H groups in total. The quantitative estimate of drug-likeness (QED) is 0.842. The molecule has 6 nitrogen and oxygen atoms in total. The van der Waals surface area contributed by atoms with Crippen molar-refractivity contribution in [3.8, 4) is 0 Å².